The lowest BCUT2D eigenvalue weighted by Gasteiger charge is -2.27. The highest BCUT2D eigenvalue weighted by molar-refractivity contribution is 7.58. The van der Waals surface area contributed by atoms with Crippen molar-refractivity contribution in [2.24, 2.45) is 0 Å². The van der Waals surface area contributed by atoms with Gasteiger partial charge in [0.05, 0.1) is 18.5 Å². The third-order valence-corrected chi connectivity index (χ3v) is 4.97. The van der Waals surface area contributed by atoms with Gasteiger partial charge in [0.25, 0.3) is 0 Å². The first kappa shape index (κ1) is 14.7. The van der Waals surface area contributed by atoms with Crippen LogP contribution in [0.1, 0.15) is 40.0 Å². The molecule has 1 saturated heterocycles. The highest BCUT2D eigenvalue weighted by Crippen LogP contribution is 2.55. The van der Waals surface area contributed by atoms with Crippen molar-refractivity contribution in [2.75, 3.05) is 26.3 Å². The smallest absolute Gasteiger partial charge is 0.358 e. The predicted octanol–water partition coefficient (Wildman–Crippen LogP) is 3.60. The molecule has 0 N–H and O–H groups in total. The molecule has 4 nitrogen and oxygen atoms in total. The Morgan fingerprint density at radius 2 is 1.71 bits per heavy atom. The van der Waals surface area contributed by atoms with Crippen LogP contribution in [0.25, 0.3) is 0 Å². The van der Waals surface area contributed by atoms with Gasteiger partial charge in [-0.25, -0.2) is 0 Å². The largest absolute Gasteiger partial charge is 0.377 e. The van der Waals surface area contributed by atoms with E-state index in [9.17, 15) is 4.57 Å². The average molecular weight is 261 g/mol. The summed E-state index contributed by atoms with van der Waals surface area (Å²) in [5.41, 5.74) is 0. The van der Waals surface area contributed by atoms with Crippen molar-refractivity contribution in [1.29, 1.82) is 0 Å². The normalized spacial score (nSPS) is 18.5. The maximum Gasteiger partial charge on any atom is 0.358 e. The molecule has 100 valence electrons. The molecule has 0 radical (unpaired) electrons. The zero-order valence-electron chi connectivity index (χ0n) is 11.1. The van der Waals surface area contributed by atoms with Crippen molar-refractivity contribution >= 4 is 7.60 Å². The highest BCUT2D eigenvalue weighted by atomic mass is 31.2. The Kier molecular flexibility index (Phi) is 6.24. The summed E-state index contributed by atoms with van der Waals surface area (Å²) in [5.74, 6) is 0. The van der Waals surface area contributed by atoms with E-state index in [1.807, 2.05) is 27.0 Å². The first-order chi connectivity index (χ1) is 8.12. The van der Waals surface area contributed by atoms with Crippen molar-refractivity contribution in [3.05, 3.63) is 11.5 Å². The summed E-state index contributed by atoms with van der Waals surface area (Å²) in [6, 6.07) is 0. The predicted molar refractivity (Wildman–Crippen MR) is 70.0 cm³/mol. The Morgan fingerprint density at radius 3 is 2.18 bits per heavy atom. The summed E-state index contributed by atoms with van der Waals surface area (Å²) in [6.45, 7) is 8.39. The first-order valence-electron chi connectivity index (χ1n) is 6.44. The van der Waals surface area contributed by atoms with Crippen molar-refractivity contribution in [2.45, 2.75) is 40.0 Å². The topological polar surface area (TPSA) is 38.8 Å². The molecule has 0 aromatic heterocycles. The number of likely N-dealkylation sites (tertiary alicyclic amines) is 1. The van der Waals surface area contributed by atoms with Gasteiger partial charge in [-0.3, -0.25) is 4.57 Å². The molecule has 0 aromatic carbocycles. The molecule has 0 bridgehead atoms. The van der Waals surface area contributed by atoms with Crippen LogP contribution in [0.4, 0.5) is 0 Å². The van der Waals surface area contributed by atoms with Gasteiger partial charge in [-0.2, -0.15) is 0 Å². The third-order valence-electron chi connectivity index (χ3n) is 2.79. The number of rotatable bonds is 6. The minimum Gasteiger partial charge on any atom is -0.377 e. The van der Waals surface area contributed by atoms with E-state index in [1.54, 1.807) is 0 Å². The molecule has 0 aromatic rings. The summed E-state index contributed by atoms with van der Waals surface area (Å²) in [5, 5.41) is 0.711. The van der Waals surface area contributed by atoms with E-state index in [-0.39, 0.29) is 0 Å². The first-order valence-corrected chi connectivity index (χ1v) is 7.98. The second-order valence-corrected chi connectivity index (χ2v) is 6.42. The maximum atomic E-state index is 12.4. The summed E-state index contributed by atoms with van der Waals surface area (Å²) < 4.78 is 23.1. The lowest BCUT2D eigenvalue weighted by atomic mass is 10.1. The summed E-state index contributed by atoms with van der Waals surface area (Å²) in [6.07, 6.45) is 5.65. The quantitative estimate of drug-likeness (QED) is 0.685. The molecule has 1 aliphatic heterocycles. The van der Waals surface area contributed by atoms with Crippen LogP contribution in [0.15, 0.2) is 11.5 Å². The zero-order valence-corrected chi connectivity index (χ0v) is 12.0. The molecule has 0 amide bonds. The van der Waals surface area contributed by atoms with Crippen LogP contribution in [0, 0.1) is 0 Å². The number of piperidine rings is 1. The van der Waals surface area contributed by atoms with Gasteiger partial charge in [-0.05, 0) is 40.0 Å². The molecule has 0 aliphatic carbocycles. The van der Waals surface area contributed by atoms with Gasteiger partial charge < -0.3 is 13.9 Å². The fourth-order valence-electron chi connectivity index (χ4n) is 1.96. The van der Waals surface area contributed by atoms with Crippen LogP contribution in [0.3, 0.4) is 0 Å². The zero-order chi connectivity index (χ0) is 12.7. The number of allylic oxidation sites excluding steroid dienone is 1. The molecular weight excluding hydrogens is 237 g/mol. The Labute approximate surface area is 105 Å². The Morgan fingerprint density at radius 1 is 1.18 bits per heavy atom. The minimum absolute atomic E-state index is 0.405. The van der Waals surface area contributed by atoms with Gasteiger partial charge in [0.1, 0.15) is 0 Å². The Balaban J connectivity index is 2.71. The van der Waals surface area contributed by atoms with E-state index >= 15 is 0 Å². The molecular formula is C12H24NO3P. The molecule has 0 spiro atoms. The van der Waals surface area contributed by atoms with Gasteiger partial charge in [-0.1, -0.05) is 0 Å². The van der Waals surface area contributed by atoms with E-state index in [1.165, 1.54) is 19.3 Å². The van der Waals surface area contributed by atoms with Gasteiger partial charge in [0.2, 0.25) is 0 Å². The van der Waals surface area contributed by atoms with Crippen LogP contribution in [0.5, 0.6) is 0 Å². The van der Waals surface area contributed by atoms with Gasteiger partial charge >= 0.3 is 7.60 Å². The molecule has 0 atom stereocenters. The molecule has 5 heteroatoms. The van der Waals surface area contributed by atoms with Crippen LogP contribution in [-0.2, 0) is 13.6 Å². The summed E-state index contributed by atoms with van der Waals surface area (Å²) in [4.78, 5) is 2.21. The summed E-state index contributed by atoms with van der Waals surface area (Å²) >= 11 is 0. The van der Waals surface area contributed by atoms with Gasteiger partial charge in [-0.15, -0.1) is 0 Å². The molecule has 0 saturated carbocycles. The van der Waals surface area contributed by atoms with E-state index in [2.05, 4.69) is 4.90 Å². The Hall–Kier alpha value is -0.310. The van der Waals surface area contributed by atoms with E-state index < -0.39 is 7.60 Å². The molecule has 1 rings (SSSR count). The lowest BCUT2D eigenvalue weighted by Crippen LogP contribution is -2.24. The van der Waals surface area contributed by atoms with Gasteiger partial charge in [0, 0.05) is 19.3 Å². The Bertz CT molecular complexity index is 288. The van der Waals surface area contributed by atoms with Crippen LogP contribution < -0.4 is 0 Å². The van der Waals surface area contributed by atoms with Crippen molar-refractivity contribution in [1.82, 2.24) is 4.90 Å². The van der Waals surface area contributed by atoms with Crippen molar-refractivity contribution in [3.63, 3.8) is 0 Å². The summed E-state index contributed by atoms with van der Waals surface area (Å²) in [7, 11) is -3.06. The monoisotopic (exact) mass is 261 g/mol. The second-order valence-electron chi connectivity index (χ2n) is 4.20. The van der Waals surface area contributed by atoms with Crippen molar-refractivity contribution < 1.29 is 13.6 Å². The van der Waals surface area contributed by atoms with E-state index in [0.717, 1.165) is 13.1 Å². The molecule has 1 heterocycles. The van der Waals surface area contributed by atoms with E-state index in [4.69, 9.17) is 9.05 Å². The SMILES string of the molecule is CCOP(=O)(OCC)/C(C)=C/N1CCCCC1. The third kappa shape index (κ3) is 4.46. The highest BCUT2D eigenvalue weighted by Gasteiger charge is 2.26. The fraction of sp³-hybridized carbons (Fsp3) is 0.833. The molecule has 1 fully saturated rings. The molecule has 17 heavy (non-hydrogen) atoms. The van der Waals surface area contributed by atoms with Crippen LogP contribution in [0.2, 0.25) is 0 Å². The van der Waals surface area contributed by atoms with Crippen LogP contribution in [-0.4, -0.2) is 31.2 Å². The number of hydrogen-bond acceptors (Lipinski definition) is 4. The second kappa shape index (κ2) is 7.20. The van der Waals surface area contributed by atoms with Crippen molar-refractivity contribution in [3.8, 4) is 0 Å². The number of nitrogens with zero attached hydrogens (tertiary/aromatic N) is 1. The van der Waals surface area contributed by atoms with E-state index in [0.29, 0.717) is 18.5 Å². The van der Waals surface area contributed by atoms with Gasteiger partial charge in [0.15, 0.2) is 0 Å². The van der Waals surface area contributed by atoms with Crippen LogP contribution >= 0.6 is 7.60 Å². The standard InChI is InChI=1S/C12H24NO3P/c1-4-15-17(14,16-5-2)12(3)11-13-9-7-6-8-10-13/h11H,4-10H2,1-3H3/b12-11+. The fourth-order valence-corrected chi connectivity index (χ4v) is 3.43. The molecule has 0 unspecified atom stereocenters. The lowest BCUT2D eigenvalue weighted by molar-refractivity contribution is 0.225. The minimum atomic E-state index is -3.06. The molecule has 1 aliphatic rings. The maximum absolute atomic E-state index is 12.4. The average Bonchev–Trinajstić information content (AvgIpc) is 2.31. The number of hydrogen-bond donors (Lipinski definition) is 0.